The number of urea groups is 1. The third kappa shape index (κ3) is 6.17. The molecule has 1 aliphatic heterocycles. The Hall–Kier alpha value is -3.78. The van der Waals surface area contributed by atoms with Gasteiger partial charge in [0.25, 0.3) is 5.91 Å². The monoisotopic (exact) mass is 458 g/mol. The normalized spacial score (nSPS) is 15.6. The number of carbonyl (C=O) groups excluding carboxylic acids is 2. The Balaban J connectivity index is 1.52. The summed E-state index contributed by atoms with van der Waals surface area (Å²) in [5.74, 6) is 0.208. The number of piperazine rings is 1. The minimum Gasteiger partial charge on any atom is -0.338 e. The van der Waals surface area contributed by atoms with Crippen LogP contribution in [-0.2, 0) is 12.8 Å². The van der Waals surface area contributed by atoms with Gasteiger partial charge in [0.2, 0.25) is 0 Å². The molecule has 3 aromatic rings. The van der Waals surface area contributed by atoms with E-state index >= 15 is 0 Å². The van der Waals surface area contributed by atoms with Gasteiger partial charge in [0.05, 0.1) is 0 Å². The quantitative estimate of drug-likeness (QED) is 0.506. The van der Waals surface area contributed by atoms with E-state index < -0.39 is 0 Å². The average Bonchev–Trinajstić information content (AvgIpc) is 2.86. The van der Waals surface area contributed by atoms with E-state index in [-0.39, 0.29) is 23.7 Å². The van der Waals surface area contributed by atoms with Crippen molar-refractivity contribution in [3.05, 3.63) is 89.1 Å². The van der Waals surface area contributed by atoms with Crippen molar-refractivity contribution in [2.75, 3.05) is 31.5 Å². The van der Waals surface area contributed by atoms with Crippen molar-refractivity contribution in [1.29, 1.82) is 0 Å². The predicted octanol–water partition coefficient (Wildman–Crippen LogP) is 2.87. The molecule has 1 saturated heterocycles. The molecule has 3 N–H and O–H groups in total. The molecule has 1 aromatic heterocycles. The molecule has 0 spiro atoms. The van der Waals surface area contributed by atoms with Gasteiger partial charge in [0.1, 0.15) is 0 Å². The first-order valence-corrected chi connectivity index (χ1v) is 11.6. The summed E-state index contributed by atoms with van der Waals surface area (Å²) in [6.45, 7) is 4.28. The molecule has 0 saturated carbocycles. The van der Waals surface area contributed by atoms with Crippen LogP contribution in [0.5, 0.6) is 0 Å². The number of carbonyl (C=O) groups is 2. The average molecular weight is 459 g/mol. The van der Waals surface area contributed by atoms with E-state index in [1.54, 1.807) is 6.07 Å². The van der Waals surface area contributed by atoms with Crippen LogP contribution in [0.25, 0.3) is 0 Å². The van der Waals surface area contributed by atoms with Gasteiger partial charge in [-0.2, -0.15) is 0 Å². The van der Waals surface area contributed by atoms with Gasteiger partial charge in [-0.25, -0.2) is 4.79 Å². The summed E-state index contributed by atoms with van der Waals surface area (Å²) in [4.78, 5) is 27.3. The number of anilines is 1. The van der Waals surface area contributed by atoms with Crippen molar-refractivity contribution in [3.8, 4) is 0 Å². The van der Waals surface area contributed by atoms with Crippen molar-refractivity contribution in [1.82, 2.24) is 25.7 Å². The second-order valence-electron chi connectivity index (χ2n) is 8.34. The molecule has 2 aromatic carbocycles. The zero-order valence-electron chi connectivity index (χ0n) is 19.3. The lowest BCUT2D eigenvalue weighted by Crippen LogP contribution is -2.53. The minimum atomic E-state index is -0.351. The summed E-state index contributed by atoms with van der Waals surface area (Å²) in [5, 5.41) is 17.3. The lowest BCUT2D eigenvalue weighted by molar-refractivity contribution is 0.0695. The van der Waals surface area contributed by atoms with Crippen LogP contribution in [0.2, 0.25) is 0 Å². The van der Waals surface area contributed by atoms with Gasteiger partial charge in [-0.15, -0.1) is 10.2 Å². The van der Waals surface area contributed by atoms with Gasteiger partial charge in [-0.05, 0) is 30.5 Å². The molecule has 8 nitrogen and oxygen atoms in total. The van der Waals surface area contributed by atoms with E-state index in [1.807, 2.05) is 60.4 Å². The van der Waals surface area contributed by atoms with Gasteiger partial charge in [-0.3, -0.25) is 10.1 Å². The lowest BCUT2D eigenvalue weighted by Gasteiger charge is -2.33. The highest BCUT2D eigenvalue weighted by Crippen LogP contribution is 2.19. The SMILES string of the molecule is CCNC(=O)Nc1nnc(C(=O)N2CCN[C@@H](Cc3ccccc3)C2)cc1Cc1ccccc1. The number of benzene rings is 2. The van der Waals surface area contributed by atoms with Gasteiger partial charge in [-0.1, -0.05) is 60.7 Å². The molecule has 8 heteroatoms. The first-order valence-electron chi connectivity index (χ1n) is 11.6. The Morgan fingerprint density at radius 2 is 1.74 bits per heavy atom. The van der Waals surface area contributed by atoms with E-state index in [0.29, 0.717) is 31.9 Å². The van der Waals surface area contributed by atoms with Crippen LogP contribution >= 0.6 is 0 Å². The van der Waals surface area contributed by atoms with Crippen LogP contribution in [0.3, 0.4) is 0 Å². The van der Waals surface area contributed by atoms with Gasteiger partial charge < -0.3 is 15.5 Å². The summed E-state index contributed by atoms with van der Waals surface area (Å²) in [6.07, 6.45) is 1.38. The van der Waals surface area contributed by atoms with Crippen molar-refractivity contribution in [2.45, 2.75) is 25.8 Å². The van der Waals surface area contributed by atoms with Gasteiger partial charge in [0.15, 0.2) is 11.5 Å². The summed E-state index contributed by atoms with van der Waals surface area (Å²) >= 11 is 0. The summed E-state index contributed by atoms with van der Waals surface area (Å²) < 4.78 is 0. The molecule has 34 heavy (non-hydrogen) atoms. The van der Waals surface area contributed by atoms with Crippen molar-refractivity contribution in [3.63, 3.8) is 0 Å². The molecule has 1 aliphatic rings. The Morgan fingerprint density at radius 1 is 1.03 bits per heavy atom. The molecule has 1 atom stereocenters. The van der Waals surface area contributed by atoms with Crippen LogP contribution in [0.1, 0.15) is 34.1 Å². The fraction of sp³-hybridized carbons (Fsp3) is 0.308. The number of aromatic nitrogens is 2. The third-order valence-corrected chi connectivity index (χ3v) is 5.77. The Kier molecular flexibility index (Phi) is 7.83. The second kappa shape index (κ2) is 11.4. The summed E-state index contributed by atoms with van der Waals surface area (Å²) in [7, 11) is 0. The maximum absolute atomic E-state index is 13.3. The Labute approximate surface area is 199 Å². The fourth-order valence-electron chi connectivity index (χ4n) is 4.11. The topological polar surface area (TPSA) is 99.2 Å². The molecule has 176 valence electrons. The lowest BCUT2D eigenvalue weighted by atomic mass is 10.0. The molecule has 0 unspecified atom stereocenters. The molecule has 0 aliphatic carbocycles. The molecular weight excluding hydrogens is 428 g/mol. The van der Waals surface area contributed by atoms with Gasteiger partial charge in [0, 0.05) is 44.2 Å². The highest BCUT2D eigenvalue weighted by atomic mass is 16.2. The number of amides is 3. The first kappa shape index (κ1) is 23.4. The highest BCUT2D eigenvalue weighted by Gasteiger charge is 2.26. The van der Waals surface area contributed by atoms with Crippen LogP contribution in [0.15, 0.2) is 66.7 Å². The zero-order chi connectivity index (χ0) is 23.8. The number of rotatable bonds is 7. The molecule has 4 rings (SSSR count). The zero-order valence-corrected chi connectivity index (χ0v) is 19.3. The molecule has 0 radical (unpaired) electrons. The summed E-state index contributed by atoms with van der Waals surface area (Å²) in [6, 6.07) is 21.7. The maximum atomic E-state index is 13.3. The number of hydrogen-bond donors (Lipinski definition) is 3. The van der Waals surface area contributed by atoms with E-state index in [0.717, 1.165) is 24.1 Å². The summed E-state index contributed by atoms with van der Waals surface area (Å²) in [5.41, 5.74) is 3.32. The van der Waals surface area contributed by atoms with Gasteiger partial charge >= 0.3 is 6.03 Å². The Morgan fingerprint density at radius 3 is 2.44 bits per heavy atom. The van der Waals surface area contributed by atoms with E-state index in [9.17, 15) is 9.59 Å². The Bertz CT molecular complexity index is 1110. The van der Waals surface area contributed by atoms with Crippen LogP contribution in [0.4, 0.5) is 10.6 Å². The van der Waals surface area contributed by atoms with Crippen molar-refractivity contribution < 1.29 is 9.59 Å². The largest absolute Gasteiger partial charge is 0.338 e. The van der Waals surface area contributed by atoms with E-state index in [4.69, 9.17) is 0 Å². The molecule has 0 bridgehead atoms. The molecule has 3 amide bonds. The number of nitrogens with zero attached hydrogens (tertiary/aromatic N) is 3. The maximum Gasteiger partial charge on any atom is 0.320 e. The highest BCUT2D eigenvalue weighted by molar-refractivity contribution is 5.93. The predicted molar refractivity (Wildman–Crippen MR) is 132 cm³/mol. The van der Waals surface area contributed by atoms with Crippen LogP contribution in [0, 0.1) is 0 Å². The molecule has 2 heterocycles. The molecule has 1 fully saturated rings. The standard InChI is InChI=1S/C26H30N6O2/c1-2-27-26(34)29-24-21(15-19-9-5-3-6-10-19)17-23(30-31-24)25(33)32-14-13-28-22(18-32)16-20-11-7-4-8-12-20/h3-12,17,22,28H,2,13-16,18H2,1H3,(H2,27,29,31,34)/t22-/m0/s1. The number of hydrogen-bond acceptors (Lipinski definition) is 5. The van der Waals surface area contributed by atoms with E-state index in [1.165, 1.54) is 5.56 Å². The smallest absolute Gasteiger partial charge is 0.320 e. The molecular formula is C26H30N6O2. The van der Waals surface area contributed by atoms with E-state index in [2.05, 4.69) is 38.3 Å². The van der Waals surface area contributed by atoms with Crippen LogP contribution < -0.4 is 16.0 Å². The second-order valence-corrected chi connectivity index (χ2v) is 8.34. The first-order chi connectivity index (χ1) is 16.6. The fourth-order valence-corrected chi connectivity index (χ4v) is 4.11. The van der Waals surface area contributed by atoms with Crippen molar-refractivity contribution >= 4 is 17.8 Å². The third-order valence-electron chi connectivity index (χ3n) is 5.77. The van der Waals surface area contributed by atoms with Crippen LogP contribution in [-0.4, -0.2) is 59.3 Å². The minimum absolute atomic E-state index is 0.147. The van der Waals surface area contributed by atoms with Crippen molar-refractivity contribution in [2.24, 2.45) is 0 Å². The number of nitrogens with one attached hydrogen (secondary N) is 3.